The summed E-state index contributed by atoms with van der Waals surface area (Å²) in [6.07, 6.45) is 5.07. The molecule has 2 heterocycles. The molecule has 0 bridgehead atoms. The highest BCUT2D eigenvalue weighted by atomic mass is 35.5. The lowest BCUT2D eigenvalue weighted by Crippen LogP contribution is -2.23. The van der Waals surface area contributed by atoms with Gasteiger partial charge in [-0.3, -0.25) is 9.78 Å². The molecule has 116 valence electrons. The molecule has 0 fully saturated rings. The number of pyridine rings is 1. The van der Waals surface area contributed by atoms with Crippen LogP contribution in [0.25, 0.3) is 5.69 Å². The fourth-order valence-electron chi connectivity index (χ4n) is 1.94. The normalized spacial score (nSPS) is 10.5. The molecule has 0 spiro atoms. The van der Waals surface area contributed by atoms with Crippen LogP contribution in [0.3, 0.4) is 0 Å². The molecule has 3 aromatic rings. The molecule has 8 heteroatoms. The molecular formula is C15H11Cl2N5O. The van der Waals surface area contributed by atoms with E-state index in [4.69, 9.17) is 23.2 Å². The monoisotopic (exact) mass is 347 g/mol. The third-order valence-corrected chi connectivity index (χ3v) is 3.62. The summed E-state index contributed by atoms with van der Waals surface area (Å²) in [7, 11) is 0. The number of nitrogens with one attached hydrogen (secondary N) is 1. The predicted molar refractivity (Wildman–Crippen MR) is 86.8 cm³/mol. The number of aromatic nitrogens is 4. The van der Waals surface area contributed by atoms with Gasteiger partial charge in [-0.2, -0.15) is 0 Å². The molecule has 0 radical (unpaired) electrons. The van der Waals surface area contributed by atoms with Crippen molar-refractivity contribution < 1.29 is 4.79 Å². The molecule has 2 aromatic heterocycles. The molecule has 0 aliphatic heterocycles. The van der Waals surface area contributed by atoms with Gasteiger partial charge in [-0.1, -0.05) is 28.4 Å². The first-order valence-electron chi connectivity index (χ1n) is 6.68. The minimum Gasteiger partial charge on any atom is -0.346 e. The number of benzene rings is 1. The molecule has 1 amide bonds. The summed E-state index contributed by atoms with van der Waals surface area (Å²) < 4.78 is 1.61. The second kappa shape index (κ2) is 6.76. The number of hydrogen-bond donors (Lipinski definition) is 1. The standard InChI is InChI=1S/C15H11Cl2N5O/c16-10-1-2-13(14(17)7-10)15(23)19-8-11-9-22(21-20-11)12-3-5-18-6-4-12/h1-7,9H,8H2,(H,19,23). The van der Waals surface area contributed by atoms with Gasteiger partial charge in [0, 0.05) is 17.4 Å². The van der Waals surface area contributed by atoms with Crippen LogP contribution in [-0.2, 0) is 6.54 Å². The number of amides is 1. The maximum atomic E-state index is 12.1. The Morgan fingerprint density at radius 3 is 2.70 bits per heavy atom. The Bertz CT molecular complexity index is 835. The van der Waals surface area contributed by atoms with E-state index in [2.05, 4.69) is 20.6 Å². The van der Waals surface area contributed by atoms with Crippen LogP contribution in [0.4, 0.5) is 0 Å². The van der Waals surface area contributed by atoms with Crippen molar-refractivity contribution in [2.75, 3.05) is 0 Å². The van der Waals surface area contributed by atoms with Crippen molar-refractivity contribution in [1.82, 2.24) is 25.3 Å². The fourth-order valence-corrected chi connectivity index (χ4v) is 2.44. The molecular weight excluding hydrogens is 337 g/mol. The Balaban J connectivity index is 1.67. The van der Waals surface area contributed by atoms with Crippen LogP contribution >= 0.6 is 23.2 Å². The molecule has 1 aromatic carbocycles. The third-order valence-electron chi connectivity index (χ3n) is 3.07. The summed E-state index contributed by atoms with van der Waals surface area (Å²) >= 11 is 11.8. The highest BCUT2D eigenvalue weighted by Crippen LogP contribution is 2.20. The Hall–Kier alpha value is -2.44. The van der Waals surface area contributed by atoms with Gasteiger partial charge in [0.15, 0.2) is 0 Å². The smallest absolute Gasteiger partial charge is 0.253 e. The first-order valence-corrected chi connectivity index (χ1v) is 7.44. The lowest BCUT2D eigenvalue weighted by Gasteiger charge is -2.05. The van der Waals surface area contributed by atoms with Crippen molar-refractivity contribution in [2.24, 2.45) is 0 Å². The average molecular weight is 348 g/mol. The maximum absolute atomic E-state index is 12.1. The zero-order valence-electron chi connectivity index (χ0n) is 11.8. The largest absolute Gasteiger partial charge is 0.346 e. The van der Waals surface area contributed by atoms with Crippen LogP contribution in [0.1, 0.15) is 16.1 Å². The van der Waals surface area contributed by atoms with Gasteiger partial charge in [0.2, 0.25) is 0 Å². The summed E-state index contributed by atoms with van der Waals surface area (Å²) in [5, 5.41) is 11.6. The van der Waals surface area contributed by atoms with Crippen LogP contribution < -0.4 is 5.32 Å². The Kier molecular flexibility index (Phi) is 4.55. The molecule has 0 atom stereocenters. The van der Waals surface area contributed by atoms with E-state index in [-0.39, 0.29) is 12.5 Å². The quantitative estimate of drug-likeness (QED) is 0.787. The SMILES string of the molecule is O=C(NCc1cn(-c2ccncc2)nn1)c1ccc(Cl)cc1Cl. The molecule has 0 aliphatic rings. The molecule has 23 heavy (non-hydrogen) atoms. The van der Waals surface area contributed by atoms with Crippen molar-refractivity contribution >= 4 is 29.1 Å². The van der Waals surface area contributed by atoms with E-state index in [9.17, 15) is 4.79 Å². The van der Waals surface area contributed by atoms with Gasteiger partial charge in [0.1, 0.15) is 5.69 Å². The fraction of sp³-hybridized carbons (Fsp3) is 0.0667. The summed E-state index contributed by atoms with van der Waals surface area (Å²) in [4.78, 5) is 16.1. The van der Waals surface area contributed by atoms with Gasteiger partial charge in [0.05, 0.1) is 29.0 Å². The van der Waals surface area contributed by atoms with Crippen LogP contribution in [0.15, 0.2) is 48.9 Å². The number of halogens is 2. The van der Waals surface area contributed by atoms with Gasteiger partial charge in [-0.15, -0.1) is 5.10 Å². The van der Waals surface area contributed by atoms with Crippen LogP contribution in [0.2, 0.25) is 10.0 Å². The molecule has 0 aliphatic carbocycles. The van der Waals surface area contributed by atoms with Crippen LogP contribution in [0, 0.1) is 0 Å². The highest BCUT2D eigenvalue weighted by molar-refractivity contribution is 6.36. The summed E-state index contributed by atoms with van der Waals surface area (Å²) in [6, 6.07) is 8.34. The maximum Gasteiger partial charge on any atom is 0.253 e. The molecule has 0 saturated carbocycles. The Morgan fingerprint density at radius 1 is 1.17 bits per heavy atom. The highest BCUT2D eigenvalue weighted by Gasteiger charge is 2.11. The first-order chi connectivity index (χ1) is 11.1. The average Bonchev–Trinajstić information content (AvgIpc) is 3.02. The summed E-state index contributed by atoms with van der Waals surface area (Å²) in [5.41, 5.74) is 1.82. The van der Waals surface area contributed by atoms with Crippen LogP contribution in [0.5, 0.6) is 0 Å². The van der Waals surface area contributed by atoms with Crippen molar-refractivity contribution in [3.05, 3.63) is 70.2 Å². The van der Waals surface area contributed by atoms with Gasteiger partial charge in [-0.25, -0.2) is 4.68 Å². The van der Waals surface area contributed by atoms with E-state index in [0.717, 1.165) is 5.69 Å². The van der Waals surface area contributed by atoms with E-state index >= 15 is 0 Å². The van der Waals surface area contributed by atoms with Crippen LogP contribution in [-0.4, -0.2) is 25.9 Å². The zero-order chi connectivity index (χ0) is 16.2. The Labute approximate surface area is 142 Å². The molecule has 0 unspecified atom stereocenters. The number of nitrogens with zero attached hydrogens (tertiary/aromatic N) is 4. The summed E-state index contributed by atoms with van der Waals surface area (Å²) in [5.74, 6) is -0.301. The van der Waals surface area contributed by atoms with E-state index in [1.165, 1.54) is 6.07 Å². The second-order valence-corrected chi connectivity index (χ2v) is 5.51. The number of rotatable bonds is 4. The number of hydrogen-bond acceptors (Lipinski definition) is 4. The van der Waals surface area contributed by atoms with Crippen molar-refractivity contribution in [1.29, 1.82) is 0 Å². The van der Waals surface area contributed by atoms with Crippen molar-refractivity contribution in [3.8, 4) is 5.69 Å². The zero-order valence-corrected chi connectivity index (χ0v) is 13.3. The summed E-state index contributed by atoms with van der Waals surface area (Å²) in [6.45, 7) is 0.239. The molecule has 6 nitrogen and oxygen atoms in total. The van der Waals surface area contributed by atoms with Gasteiger partial charge in [-0.05, 0) is 30.3 Å². The Morgan fingerprint density at radius 2 is 1.96 bits per heavy atom. The van der Waals surface area contributed by atoms with E-state index in [1.807, 2.05) is 12.1 Å². The second-order valence-electron chi connectivity index (χ2n) is 4.67. The minimum atomic E-state index is -0.301. The van der Waals surface area contributed by atoms with Gasteiger partial charge in [0.25, 0.3) is 5.91 Å². The minimum absolute atomic E-state index is 0.239. The van der Waals surface area contributed by atoms with Crippen molar-refractivity contribution in [3.63, 3.8) is 0 Å². The predicted octanol–water partition coefficient (Wildman–Crippen LogP) is 2.90. The van der Waals surface area contributed by atoms with Gasteiger partial charge >= 0.3 is 0 Å². The lowest BCUT2D eigenvalue weighted by atomic mass is 10.2. The topological polar surface area (TPSA) is 72.7 Å². The first kappa shape index (κ1) is 15.5. The number of carbonyl (C=O) groups excluding carboxylic acids is 1. The van der Waals surface area contributed by atoms with E-state index < -0.39 is 0 Å². The third kappa shape index (κ3) is 3.67. The number of carbonyl (C=O) groups is 1. The lowest BCUT2D eigenvalue weighted by molar-refractivity contribution is 0.0950. The molecule has 1 N–H and O–H groups in total. The van der Waals surface area contributed by atoms with Crippen molar-refractivity contribution in [2.45, 2.75) is 6.54 Å². The molecule has 3 rings (SSSR count). The molecule has 0 saturated heterocycles. The van der Waals surface area contributed by atoms with E-state index in [1.54, 1.807) is 35.4 Å². The van der Waals surface area contributed by atoms with E-state index in [0.29, 0.717) is 21.3 Å². The van der Waals surface area contributed by atoms with Gasteiger partial charge < -0.3 is 5.32 Å².